The maximum absolute atomic E-state index is 13.7. The van der Waals surface area contributed by atoms with Crippen LogP contribution in [0.15, 0.2) is 18.2 Å². The van der Waals surface area contributed by atoms with Crippen LogP contribution in [0.1, 0.15) is 24.2 Å². The van der Waals surface area contributed by atoms with Crippen molar-refractivity contribution in [2.45, 2.75) is 19.4 Å². The molecule has 0 saturated carbocycles. The lowest BCUT2D eigenvalue weighted by molar-refractivity contribution is -0.135. The number of hydrogen-bond acceptors (Lipinski definition) is 4. The number of halogens is 1. The maximum atomic E-state index is 13.7. The van der Waals surface area contributed by atoms with E-state index in [4.69, 9.17) is 5.11 Å². The smallest absolute Gasteiger partial charge is 0.340 e. The van der Waals surface area contributed by atoms with E-state index in [1.54, 1.807) is 0 Å². The van der Waals surface area contributed by atoms with Crippen LogP contribution in [0.4, 0.5) is 10.1 Å². The number of hydrogen-bond donors (Lipinski definition) is 2. The van der Waals surface area contributed by atoms with Crippen LogP contribution in [0.5, 0.6) is 0 Å². The third-order valence-electron chi connectivity index (χ3n) is 3.28. The van der Waals surface area contributed by atoms with Gasteiger partial charge < -0.3 is 10.0 Å². The second-order valence-electron chi connectivity index (χ2n) is 4.96. The molecule has 20 heavy (non-hydrogen) atoms. The maximum Gasteiger partial charge on any atom is 0.340 e. The summed E-state index contributed by atoms with van der Waals surface area (Å²) in [6, 6.07) is 3.73. The van der Waals surface area contributed by atoms with Gasteiger partial charge in [-0.2, -0.15) is 0 Å². The molecule has 2 rings (SSSR count). The number of carbonyl (C=O) groups is 3. The van der Waals surface area contributed by atoms with Crippen molar-refractivity contribution in [3.05, 3.63) is 29.6 Å². The fraction of sp³-hybridized carbons (Fsp3) is 0.308. The Bertz CT molecular complexity index is 612. The molecule has 0 unspecified atom stereocenters. The van der Waals surface area contributed by atoms with Crippen molar-refractivity contribution in [1.29, 1.82) is 0 Å². The molecule has 106 valence electrons. The molecule has 2 amide bonds. The topological polar surface area (TPSA) is 86.7 Å². The van der Waals surface area contributed by atoms with Gasteiger partial charge in [0.1, 0.15) is 16.9 Å². The lowest BCUT2D eigenvalue weighted by atomic mass is 9.96. The molecule has 0 spiro atoms. The van der Waals surface area contributed by atoms with Crippen molar-refractivity contribution in [2.75, 3.05) is 11.4 Å². The van der Waals surface area contributed by atoms with Crippen LogP contribution in [-0.4, -0.2) is 35.0 Å². The van der Waals surface area contributed by atoms with E-state index in [-0.39, 0.29) is 12.2 Å². The molecule has 0 aromatic heterocycles. The number of carboxylic acids is 1. The highest BCUT2D eigenvalue weighted by molar-refractivity contribution is 6.08. The van der Waals surface area contributed by atoms with Gasteiger partial charge >= 0.3 is 5.97 Å². The number of benzene rings is 1. The Labute approximate surface area is 114 Å². The Kier molecular flexibility index (Phi) is 3.21. The highest BCUT2D eigenvalue weighted by Crippen LogP contribution is 2.30. The van der Waals surface area contributed by atoms with Gasteiger partial charge in [-0.15, -0.1) is 0 Å². The number of anilines is 1. The number of imide groups is 1. The lowest BCUT2D eigenvalue weighted by Crippen LogP contribution is -2.64. The molecule has 1 aromatic rings. The normalized spacial score (nSPS) is 17.9. The Morgan fingerprint density at radius 1 is 1.40 bits per heavy atom. The standard InChI is InChI=1S/C13H13FN2O4/c1-13(2)12(20)15-9(17)6-16(13)8-5-3-4-7(14)10(8)11(18)19/h3-5H,6H2,1-2H3,(H,18,19)(H,15,17,20). The number of amides is 2. The first-order chi connectivity index (χ1) is 9.25. The van der Waals surface area contributed by atoms with Gasteiger partial charge in [0.25, 0.3) is 5.91 Å². The van der Waals surface area contributed by atoms with Crippen LogP contribution < -0.4 is 10.2 Å². The van der Waals surface area contributed by atoms with E-state index < -0.39 is 34.7 Å². The van der Waals surface area contributed by atoms with E-state index in [1.807, 2.05) is 0 Å². The van der Waals surface area contributed by atoms with Gasteiger partial charge in [0.2, 0.25) is 5.91 Å². The zero-order valence-electron chi connectivity index (χ0n) is 10.9. The quantitative estimate of drug-likeness (QED) is 0.781. The highest BCUT2D eigenvalue weighted by Gasteiger charge is 2.42. The van der Waals surface area contributed by atoms with E-state index in [9.17, 15) is 18.8 Å². The van der Waals surface area contributed by atoms with Gasteiger partial charge in [-0.3, -0.25) is 14.9 Å². The number of nitrogens with one attached hydrogen (secondary N) is 1. The molecule has 6 nitrogen and oxygen atoms in total. The summed E-state index contributed by atoms with van der Waals surface area (Å²) in [5.74, 6) is -3.49. The third kappa shape index (κ3) is 2.11. The largest absolute Gasteiger partial charge is 0.478 e. The summed E-state index contributed by atoms with van der Waals surface area (Å²) in [4.78, 5) is 35.9. The number of nitrogens with zero attached hydrogens (tertiary/aromatic N) is 1. The van der Waals surface area contributed by atoms with Gasteiger partial charge in [-0.05, 0) is 26.0 Å². The fourth-order valence-electron chi connectivity index (χ4n) is 2.12. The van der Waals surface area contributed by atoms with Gasteiger partial charge in [-0.25, -0.2) is 9.18 Å². The SMILES string of the molecule is CC1(C)C(=O)NC(=O)CN1c1cccc(F)c1C(=O)O. The van der Waals surface area contributed by atoms with E-state index in [0.717, 1.165) is 6.07 Å². The van der Waals surface area contributed by atoms with Crippen molar-refractivity contribution in [1.82, 2.24) is 5.32 Å². The van der Waals surface area contributed by atoms with E-state index in [2.05, 4.69) is 5.32 Å². The van der Waals surface area contributed by atoms with Crippen LogP contribution >= 0.6 is 0 Å². The number of carbonyl (C=O) groups excluding carboxylic acids is 2. The second-order valence-corrected chi connectivity index (χ2v) is 4.96. The van der Waals surface area contributed by atoms with E-state index in [1.165, 1.54) is 30.9 Å². The molecule has 7 heteroatoms. The molecular weight excluding hydrogens is 267 g/mol. The van der Waals surface area contributed by atoms with Crippen molar-refractivity contribution in [3.8, 4) is 0 Å². The van der Waals surface area contributed by atoms with Gasteiger partial charge in [0, 0.05) is 0 Å². The molecule has 1 aliphatic heterocycles. The van der Waals surface area contributed by atoms with Crippen LogP contribution in [0.2, 0.25) is 0 Å². The summed E-state index contributed by atoms with van der Waals surface area (Å²) in [7, 11) is 0. The predicted octanol–water partition coefficient (Wildman–Crippen LogP) is 0.765. The van der Waals surface area contributed by atoms with Crippen molar-refractivity contribution < 1.29 is 23.9 Å². The Hall–Kier alpha value is -2.44. The van der Waals surface area contributed by atoms with Crippen LogP contribution in [0.3, 0.4) is 0 Å². The minimum atomic E-state index is -1.45. The average molecular weight is 280 g/mol. The molecule has 1 aromatic carbocycles. The zero-order valence-corrected chi connectivity index (χ0v) is 10.9. The minimum absolute atomic E-state index is 0.00528. The first kappa shape index (κ1) is 14.0. The predicted molar refractivity (Wildman–Crippen MR) is 67.9 cm³/mol. The van der Waals surface area contributed by atoms with Crippen LogP contribution in [0, 0.1) is 5.82 Å². The average Bonchev–Trinajstić information content (AvgIpc) is 2.33. The third-order valence-corrected chi connectivity index (χ3v) is 3.28. The first-order valence-electron chi connectivity index (χ1n) is 5.89. The van der Waals surface area contributed by atoms with Gasteiger partial charge in [0.05, 0.1) is 12.2 Å². The molecule has 0 radical (unpaired) electrons. The van der Waals surface area contributed by atoms with Crippen LogP contribution in [-0.2, 0) is 9.59 Å². The first-order valence-corrected chi connectivity index (χ1v) is 5.89. The monoisotopic (exact) mass is 280 g/mol. The molecule has 0 atom stereocenters. The lowest BCUT2D eigenvalue weighted by Gasteiger charge is -2.42. The van der Waals surface area contributed by atoms with Gasteiger partial charge in [0.15, 0.2) is 0 Å². The van der Waals surface area contributed by atoms with Crippen molar-refractivity contribution >= 4 is 23.5 Å². The molecule has 2 N–H and O–H groups in total. The molecule has 1 fully saturated rings. The van der Waals surface area contributed by atoms with Crippen molar-refractivity contribution in [2.24, 2.45) is 0 Å². The fourth-order valence-corrected chi connectivity index (χ4v) is 2.12. The number of piperazine rings is 1. The summed E-state index contributed by atoms with van der Waals surface area (Å²) in [6.07, 6.45) is 0. The number of aromatic carboxylic acids is 1. The molecule has 1 heterocycles. The molecule has 0 bridgehead atoms. The highest BCUT2D eigenvalue weighted by atomic mass is 19.1. The van der Waals surface area contributed by atoms with Gasteiger partial charge in [-0.1, -0.05) is 6.07 Å². The summed E-state index contributed by atoms with van der Waals surface area (Å²) in [5, 5.41) is 11.3. The van der Waals surface area contributed by atoms with E-state index in [0.29, 0.717) is 0 Å². The zero-order chi connectivity index (χ0) is 15.1. The number of carboxylic acid groups (broad SMARTS) is 1. The minimum Gasteiger partial charge on any atom is -0.478 e. The number of rotatable bonds is 2. The Morgan fingerprint density at radius 2 is 2.05 bits per heavy atom. The van der Waals surface area contributed by atoms with Crippen molar-refractivity contribution in [3.63, 3.8) is 0 Å². The second kappa shape index (κ2) is 4.59. The summed E-state index contributed by atoms with van der Waals surface area (Å²) < 4.78 is 13.7. The summed E-state index contributed by atoms with van der Waals surface area (Å²) in [6.45, 7) is 2.85. The molecule has 0 aliphatic carbocycles. The molecule has 1 aliphatic rings. The Morgan fingerprint density at radius 3 is 2.65 bits per heavy atom. The molecule has 1 saturated heterocycles. The van der Waals surface area contributed by atoms with E-state index >= 15 is 0 Å². The molecular formula is C13H13FN2O4. The van der Waals surface area contributed by atoms with Crippen LogP contribution in [0.25, 0.3) is 0 Å². The Balaban J connectivity index is 2.60. The summed E-state index contributed by atoms with van der Waals surface area (Å²) in [5.41, 5.74) is -1.71. The summed E-state index contributed by atoms with van der Waals surface area (Å²) >= 11 is 0.